The van der Waals surface area contributed by atoms with Crippen molar-refractivity contribution in [2.75, 3.05) is 46.3 Å². The van der Waals surface area contributed by atoms with Crippen LogP contribution in [0, 0.1) is 6.92 Å². The average Bonchev–Trinajstić information content (AvgIpc) is 2.66. The predicted molar refractivity (Wildman–Crippen MR) is 118 cm³/mol. The first-order chi connectivity index (χ1) is 14.0. The summed E-state index contributed by atoms with van der Waals surface area (Å²) in [7, 11) is 1.64. The molecule has 30 heavy (non-hydrogen) atoms. The molecule has 2 rings (SSSR count). The minimum Gasteiger partial charge on any atom is -0.347 e. The third-order valence-corrected chi connectivity index (χ3v) is 4.99. The Morgan fingerprint density at radius 1 is 1.13 bits per heavy atom. The summed E-state index contributed by atoms with van der Waals surface area (Å²) in [5.41, 5.74) is 1.88. The zero-order chi connectivity index (χ0) is 22.3. The second-order valence-electron chi connectivity index (χ2n) is 9.04. The van der Waals surface area contributed by atoms with E-state index in [1.807, 2.05) is 52.0 Å². The number of benzene rings is 1. The van der Waals surface area contributed by atoms with E-state index in [-0.39, 0.29) is 29.8 Å². The quantitative estimate of drug-likeness (QED) is 0.648. The first-order valence-corrected chi connectivity index (χ1v) is 10.5. The van der Waals surface area contributed by atoms with Gasteiger partial charge in [0.2, 0.25) is 11.8 Å². The molecule has 1 aliphatic rings. The van der Waals surface area contributed by atoms with Gasteiger partial charge in [-0.05, 0) is 39.3 Å². The molecular weight excluding hydrogens is 380 g/mol. The Balaban J connectivity index is 1.76. The molecule has 1 aromatic carbocycles. The fraction of sp³-hybridized carbons (Fsp3) is 0.522. The molecule has 1 aliphatic heterocycles. The van der Waals surface area contributed by atoms with Gasteiger partial charge in [0.1, 0.15) is 0 Å². The number of carbonyl (C=O) groups excluding carboxylic acids is 3. The van der Waals surface area contributed by atoms with Crippen molar-refractivity contribution in [3.05, 3.63) is 41.5 Å². The van der Waals surface area contributed by atoms with Crippen LogP contribution in [0.3, 0.4) is 0 Å². The van der Waals surface area contributed by atoms with Crippen LogP contribution in [0.15, 0.2) is 30.3 Å². The second-order valence-corrected chi connectivity index (χ2v) is 9.04. The minimum atomic E-state index is -0.237. The maximum Gasteiger partial charge on any atom is 0.275 e. The Kier molecular flexibility index (Phi) is 8.17. The maximum absolute atomic E-state index is 12.6. The number of amides is 3. The van der Waals surface area contributed by atoms with E-state index < -0.39 is 0 Å². The van der Waals surface area contributed by atoms with Gasteiger partial charge in [-0.15, -0.1) is 0 Å². The summed E-state index contributed by atoms with van der Waals surface area (Å²) in [5, 5.41) is 2.97. The topological polar surface area (TPSA) is 74.2 Å². The molecule has 0 saturated carbocycles. The fourth-order valence-electron chi connectivity index (χ4n) is 3.29. The number of hydrogen-bond donors (Lipinski definition) is 2. The lowest BCUT2D eigenvalue weighted by molar-refractivity contribution is -0.896. The van der Waals surface area contributed by atoms with E-state index in [1.165, 1.54) is 15.9 Å². The Morgan fingerprint density at radius 3 is 2.30 bits per heavy atom. The predicted octanol–water partition coefficient (Wildman–Crippen LogP) is 0.108. The average molecular weight is 416 g/mol. The summed E-state index contributed by atoms with van der Waals surface area (Å²) in [5.74, 6) is -0.234. The molecule has 1 aromatic rings. The molecular formula is C23H35N4O3+. The van der Waals surface area contributed by atoms with Crippen molar-refractivity contribution in [2.45, 2.75) is 33.2 Å². The molecule has 1 saturated heterocycles. The van der Waals surface area contributed by atoms with Gasteiger partial charge >= 0.3 is 0 Å². The highest BCUT2D eigenvalue weighted by molar-refractivity contribution is 5.94. The molecule has 0 radical (unpaired) electrons. The smallest absolute Gasteiger partial charge is 0.275 e. The van der Waals surface area contributed by atoms with E-state index in [0.29, 0.717) is 19.6 Å². The summed E-state index contributed by atoms with van der Waals surface area (Å²) in [4.78, 5) is 41.3. The minimum absolute atomic E-state index is 0.0305. The van der Waals surface area contributed by atoms with Gasteiger partial charge in [-0.2, -0.15) is 0 Å². The molecule has 1 fully saturated rings. The number of nitrogens with zero attached hydrogens (tertiary/aromatic N) is 2. The monoisotopic (exact) mass is 415 g/mol. The standard InChI is InChI=1S/C23H34N4O3/c1-18-6-8-19(9-7-18)10-11-21(29)25(5)17-22(30)27-14-12-26(13-15-27)16-20(28)24-23(2,3)4/h6-11H,12-17H2,1-5H3,(H,24,28)/p+1/b11-10+. The number of piperazine rings is 1. The van der Waals surface area contributed by atoms with Crippen molar-refractivity contribution in [1.29, 1.82) is 0 Å². The molecule has 0 bridgehead atoms. The summed E-state index contributed by atoms with van der Waals surface area (Å²) in [6.45, 7) is 11.0. The zero-order valence-electron chi connectivity index (χ0n) is 18.8. The van der Waals surface area contributed by atoms with E-state index >= 15 is 0 Å². The van der Waals surface area contributed by atoms with Gasteiger partial charge in [-0.1, -0.05) is 29.8 Å². The third-order valence-electron chi connectivity index (χ3n) is 4.99. The Morgan fingerprint density at radius 2 is 1.73 bits per heavy atom. The number of hydrogen-bond acceptors (Lipinski definition) is 3. The lowest BCUT2D eigenvalue weighted by Crippen LogP contribution is -3.16. The summed E-state index contributed by atoms with van der Waals surface area (Å²) < 4.78 is 0. The Bertz CT molecular complexity index is 773. The van der Waals surface area contributed by atoms with Crippen LogP contribution in [0.2, 0.25) is 0 Å². The van der Waals surface area contributed by atoms with Crippen molar-refractivity contribution in [3.8, 4) is 0 Å². The first kappa shape index (κ1) is 23.6. The lowest BCUT2D eigenvalue weighted by Gasteiger charge is -2.33. The van der Waals surface area contributed by atoms with Crippen LogP contribution in [0.4, 0.5) is 0 Å². The summed E-state index contributed by atoms with van der Waals surface area (Å²) >= 11 is 0. The van der Waals surface area contributed by atoms with E-state index in [9.17, 15) is 14.4 Å². The number of aryl methyl sites for hydroxylation is 1. The van der Waals surface area contributed by atoms with Gasteiger partial charge < -0.3 is 20.0 Å². The summed E-state index contributed by atoms with van der Waals surface area (Å²) in [6.07, 6.45) is 3.25. The number of carbonyl (C=O) groups is 3. The van der Waals surface area contributed by atoms with Crippen LogP contribution in [0.1, 0.15) is 31.9 Å². The second kappa shape index (κ2) is 10.4. The van der Waals surface area contributed by atoms with E-state index in [1.54, 1.807) is 18.0 Å². The van der Waals surface area contributed by atoms with Crippen LogP contribution >= 0.6 is 0 Å². The molecule has 7 heteroatoms. The van der Waals surface area contributed by atoms with Gasteiger partial charge in [-0.3, -0.25) is 14.4 Å². The molecule has 0 atom stereocenters. The van der Waals surface area contributed by atoms with Crippen molar-refractivity contribution >= 4 is 23.8 Å². The molecule has 0 unspecified atom stereocenters. The van der Waals surface area contributed by atoms with Crippen LogP contribution in [0.25, 0.3) is 6.08 Å². The fourth-order valence-corrected chi connectivity index (χ4v) is 3.29. The van der Waals surface area contributed by atoms with Crippen LogP contribution in [0.5, 0.6) is 0 Å². The Labute approximate surface area is 179 Å². The molecule has 1 heterocycles. The van der Waals surface area contributed by atoms with Crippen molar-refractivity contribution in [3.63, 3.8) is 0 Å². The summed E-state index contributed by atoms with van der Waals surface area (Å²) in [6, 6.07) is 7.89. The number of likely N-dealkylation sites (N-methyl/N-ethyl adjacent to an activating group) is 1. The van der Waals surface area contributed by atoms with Gasteiger partial charge in [0.15, 0.2) is 6.54 Å². The van der Waals surface area contributed by atoms with Crippen LogP contribution < -0.4 is 10.2 Å². The number of quaternary nitrogens is 1. The molecule has 0 spiro atoms. The van der Waals surface area contributed by atoms with Gasteiger partial charge in [0.05, 0.1) is 32.7 Å². The molecule has 2 N–H and O–H groups in total. The number of nitrogens with one attached hydrogen (secondary N) is 2. The maximum atomic E-state index is 12.6. The van der Waals surface area contributed by atoms with Gasteiger partial charge in [0, 0.05) is 18.7 Å². The SMILES string of the molecule is Cc1ccc(/C=C/C(=O)N(C)CC(=O)N2CC[NH+](CC(=O)NC(C)(C)C)CC2)cc1. The highest BCUT2D eigenvalue weighted by atomic mass is 16.2. The molecule has 0 aliphatic carbocycles. The van der Waals surface area contributed by atoms with Gasteiger partial charge in [-0.25, -0.2) is 0 Å². The highest BCUT2D eigenvalue weighted by Gasteiger charge is 2.27. The zero-order valence-corrected chi connectivity index (χ0v) is 18.8. The molecule has 164 valence electrons. The third kappa shape index (κ3) is 7.99. The van der Waals surface area contributed by atoms with Crippen LogP contribution in [-0.4, -0.2) is 79.4 Å². The van der Waals surface area contributed by atoms with E-state index in [4.69, 9.17) is 0 Å². The molecule has 3 amide bonds. The molecule has 7 nitrogen and oxygen atoms in total. The number of rotatable bonds is 6. The Hall–Kier alpha value is -2.67. The largest absolute Gasteiger partial charge is 0.347 e. The highest BCUT2D eigenvalue weighted by Crippen LogP contribution is 2.05. The van der Waals surface area contributed by atoms with Crippen molar-refractivity contribution in [2.24, 2.45) is 0 Å². The van der Waals surface area contributed by atoms with E-state index in [2.05, 4.69) is 5.32 Å². The van der Waals surface area contributed by atoms with Gasteiger partial charge in [0.25, 0.3) is 5.91 Å². The molecule has 0 aromatic heterocycles. The van der Waals surface area contributed by atoms with Crippen LogP contribution in [-0.2, 0) is 14.4 Å². The normalized spacial score (nSPS) is 15.3. The first-order valence-electron chi connectivity index (χ1n) is 10.5. The lowest BCUT2D eigenvalue weighted by atomic mass is 10.1. The van der Waals surface area contributed by atoms with Crippen molar-refractivity contribution in [1.82, 2.24) is 15.1 Å². The van der Waals surface area contributed by atoms with E-state index in [0.717, 1.165) is 24.2 Å². The van der Waals surface area contributed by atoms with Crippen molar-refractivity contribution < 1.29 is 19.3 Å².